The monoisotopic (exact) mass is 429 g/mol. The largest absolute Gasteiger partial charge is 0.416 e. The Labute approximate surface area is 165 Å². The predicted octanol–water partition coefficient (Wildman–Crippen LogP) is 2.60. The Bertz CT molecular complexity index is 1040. The molecule has 0 aliphatic heterocycles. The molecule has 0 bridgehead atoms. The third-order valence-corrected chi connectivity index (χ3v) is 5.21. The molecule has 0 heterocycles. The van der Waals surface area contributed by atoms with Crippen molar-refractivity contribution in [2.45, 2.75) is 19.1 Å². The van der Waals surface area contributed by atoms with Crippen LogP contribution in [-0.4, -0.2) is 32.5 Å². The molecule has 11 heteroatoms. The Balaban J connectivity index is 2.42. The molecule has 0 fully saturated rings. The van der Waals surface area contributed by atoms with Gasteiger partial charge in [0.05, 0.1) is 28.8 Å². The maximum absolute atomic E-state index is 13.0. The van der Waals surface area contributed by atoms with E-state index in [1.165, 1.54) is 31.2 Å². The second-order valence-electron chi connectivity index (χ2n) is 6.18. The summed E-state index contributed by atoms with van der Waals surface area (Å²) in [5.74, 6) is -1.67. The van der Waals surface area contributed by atoms with E-state index in [0.717, 1.165) is 24.5 Å². The van der Waals surface area contributed by atoms with Gasteiger partial charge in [0.25, 0.3) is 5.91 Å². The topological polar surface area (TPSA) is 110 Å². The number of alkyl halides is 3. The van der Waals surface area contributed by atoms with Gasteiger partial charge in [-0.2, -0.15) is 13.2 Å². The number of hydrogen-bond acceptors (Lipinski definition) is 4. The molecule has 0 aliphatic carbocycles. The van der Waals surface area contributed by atoms with Gasteiger partial charge < -0.3 is 11.1 Å². The van der Waals surface area contributed by atoms with Gasteiger partial charge in [-0.1, -0.05) is 18.2 Å². The van der Waals surface area contributed by atoms with Crippen LogP contribution in [0.5, 0.6) is 0 Å². The highest BCUT2D eigenvalue weighted by Gasteiger charge is 2.34. The van der Waals surface area contributed by atoms with E-state index in [2.05, 4.69) is 5.32 Å². The van der Waals surface area contributed by atoms with Crippen molar-refractivity contribution in [2.75, 3.05) is 15.9 Å². The second kappa shape index (κ2) is 8.11. The molecule has 156 valence electrons. The lowest BCUT2D eigenvalue weighted by molar-refractivity contribution is -0.137. The van der Waals surface area contributed by atoms with Crippen LogP contribution in [0.1, 0.15) is 22.8 Å². The van der Waals surface area contributed by atoms with Crippen LogP contribution in [0.25, 0.3) is 0 Å². The number of carbonyl (C=O) groups excluding carboxylic acids is 2. The van der Waals surface area contributed by atoms with E-state index >= 15 is 0 Å². The Hall–Kier alpha value is -3.08. The standard InChI is InChI=1S/C18H18F3N3O4S/c1-11(17(26)23-15-9-4-3-8-14(15)16(22)25)24(29(2,27)28)13-7-5-6-12(10-13)18(19,20)21/h3-11H,1-2H3,(H2,22,25)(H,23,26). The van der Waals surface area contributed by atoms with Crippen LogP contribution < -0.4 is 15.4 Å². The fourth-order valence-corrected chi connectivity index (χ4v) is 3.84. The Morgan fingerprint density at radius 3 is 2.28 bits per heavy atom. The minimum Gasteiger partial charge on any atom is -0.366 e. The fourth-order valence-electron chi connectivity index (χ4n) is 2.67. The average Bonchev–Trinajstić information content (AvgIpc) is 2.60. The number of primary amides is 1. The number of para-hydroxylation sites is 1. The van der Waals surface area contributed by atoms with Crippen molar-refractivity contribution >= 4 is 33.2 Å². The summed E-state index contributed by atoms with van der Waals surface area (Å²) in [4.78, 5) is 24.1. The first-order chi connectivity index (χ1) is 13.3. The molecule has 7 nitrogen and oxygen atoms in total. The van der Waals surface area contributed by atoms with Crippen molar-refractivity contribution in [3.8, 4) is 0 Å². The normalized spacial score (nSPS) is 12.9. The van der Waals surface area contributed by atoms with Crippen molar-refractivity contribution in [1.82, 2.24) is 0 Å². The number of amides is 2. The quantitative estimate of drug-likeness (QED) is 0.736. The van der Waals surface area contributed by atoms with Gasteiger partial charge in [-0.3, -0.25) is 13.9 Å². The van der Waals surface area contributed by atoms with E-state index in [1.54, 1.807) is 0 Å². The van der Waals surface area contributed by atoms with Crippen LogP contribution in [0.2, 0.25) is 0 Å². The molecule has 0 aromatic heterocycles. The van der Waals surface area contributed by atoms with E-state index in [0.29, 0.717) is 10.4 Å². The summed E-state index contributed by atoms with van der Waals surface area (Å²) < 4.78 is 64.1. The molecular formula is C18H18F3N3O4S. The smallest absolute Gasteiger partial charge is 0.366 e. The summed E-state index contributed by atoms with van der Waals surface area (Å²) in [5, 5.41) is 2.39. The van der Waals surface area contributed by atoms with E-state index in [1.807, 2.05) is 0 Å². The van der Waals surface area contributed by atoms with E-state index in [9.17, 15) is 31.2 Å². The summed E-state index contributed by atoms with van der Waals surface area (Å²) in [7, 11) is -4.13. The molecule has 0 radical (unpaired) electrons. The summed E-state index contributed by atoms with van der Waals surface area (Å²) in [6.07, 6.45) is -3.92. The van der Waals surface area contributed by atoms with Crippen LogP contribution in [0.3, 0.4) is 0 Å². The van der Waals surface area contributed by atoms with Gasteiger partial charge in [-0.05, 0) is 37.3 Å². The Kier molecular flexibility index (Phi) is 6.21. The van der Waals surface area contributed by atoms with Crippen molar-refractivity contribution in [3.05, 3.63) is 59.7 Å². The zero-order valence-corrected chi connectivity index (χ0v) is 16.2. The molecule has 2 amide bonds. The first kappa shape index (κ1) is 22.2. The number of hydrogen-bond donors (Lipinski definition) is 2. The molecule has 0 spiro atoms. The Morgan fingerprint density at radius 1 is 1.10 bits per heavy atom. The third-order valence-electron chi connectivity index (χ3n) is 3.97. The van der Waals surface area contributed by atoms with Gasteiger partial charge in [-0.25, -0.2) is 8.42 Å². The number of anilines is 2. The summed E-state index contributed by atoms with van der Waals surface area (Å²) in [6.45, 7) is 1.21. The Morgan fingerprint density at radius 2 is 1.72 bits per heavy atom. The van der Waals surface area contributed by atoms with Crippen LogP contribution in [0, 0.1) is 0 Å². The molecule has 2 aromatic rings. The zero-order chi connectivity index (χ0) is 22.0. The molecule has 0 aliphatic rings. The van der Waals surface area contributed by atoms with Gasteiger partial charge in [0.2, 0.25) is 15.9 Å². The third kappa shape index (κ3) is 5.25. The highest BCUT2D eigenvalue weighted by atomic mass is 32.2. The highest BCUT2D eigenvalue weighted by molar-refractivity contribution is 7.92. The summed E-state index contributed by atoms with van der Waals surface area (Å²) in [5.41, 5.74) is 3.90. The fraction of sp³-hybridized carbons (Fsp3) is 0.222. The molecule has 1 atom stereocenters. The first-order valence-corrected chi connectivity index (χ1v) is 10.0. The number of carbonyl (C=O) groups is 2. The highest BCUT2D eigenvalue weighted by Crippen LogP contribution is 2.33. The molecular weight excluding hydrogens is 411 g/mol. The number of nitrogens with zero attached hydrogens (tertiary/aromatic N) is 1. The number of sulfonamides is 1. The molecule has 0 saturated carbocycles. The van der Waals surface area contributed by atoms with E-state index in [4.69, 9.17) is 5.73 Å². The van der Waals surface area contributed by atoms with Crippen molar-refractivity contribution in [3.63, 3.8) is 0 Å². The van der Waals surface area contributed by atoms with Gasteiger partial charge in [0.15, 0.2) is 0 Å². The maximum Gasteiger partial charge on any atom is 0.416 e. The lowest BCUT2D eigenvalue weighted by Crippen LogP contribution is -2.45. The molecule has 1 unspecified atom stereocenters. The maximum atomic E-state index is 13.0. The number of nitrogens with one attached hydrogen (secondary N) is 1. The number of nitrogens with two attached hydrogens (primary N) is 1. The predicted molar refractivity (Wildman–Crippen MR) is 102 cm³/mol. The first-order valence-electron chi connectivity index (χ1n) is 8.18. The van der Waals surface area contributed by atoms with Crippen LogP contribution in [0.4, 0.5) is 24.5 Å². The van der Waals surface area contributed by atoms with Crippen molar-refractivity contribution < 1.29 is 31.2 Å². The zero-order valence-electron chi connectivity index (χ0n) is 15.4. The molecule has 29 heavy (non-hydrogen) atoms. The minimum atomic E-state index is -4.69. The number of rotatable bonds is 6. The SMILES string of the molecule is CC(C(=O)Nc1ccccc1C(N)=O)N(c1cccc(C(F)(F)F)c1)S(C)(=O)=O. The molecule has 0 saturated heterocycles. The van der Waals surface area contributed by atoms with Gasteiger partial charge in [-0.15, -0.1) is 0 Å². The summed E-state index contributed by atoms with van der Waals surface area (Å²) in [6, 6.07) is 8.00. The van der Waals surface area contributed by atoms with Crippen LogP contribution in [0.15, 0.2) is 48.5 Å². The van der Waals surface area contributed by atoms with Gasteiger partial charge >= 0.3 is 6.18 Å². The lowest BCUT2D eigenvalue weighted by Gasteiger charge is -2.29. The molecule has 3 N–H and O–H groups in total. The van der Waals surface area contributed by atoms with Crippen molar-refractivity contribution in [1.29, 1.82) is 0 Å². The summed E-state index contributed by atoms with van der Waals surface area (Å²) >= 11 is 0. The average molecular weight is 429 g/mol. The molecule has 2 aromatic carbocycles. The van der Waals surface area contributed by atoms with Crippen LogP contribution in [-0.2, 0) is 21.0 Å². The van der Waals surface area contributed by atoms with Crippen LogP contribution >= 0.6 is 0 Å². The van der Waals surface area contributed by atoms with Gasteiger partial charge in [0.1, 0.15) is 6.04 Å². The lowest BCUT2D eigenvalue weighted by atomic mass is 10.1. The number of benzene rings is 2. The van der Waals surface area contributed by atoms with E-state index < -0.39 is 39.6 Å². The minimum absolute atomic E-state index is 0.00183. The number of halogens is 3. The van der Waals surface area contributed by atoms with E-state index in [-0.39, 0.29) is 16.9 Å². The second-order valence-corrected chi connectivity index (χ2v) is 8.04. The van der Waals surface area contributed by atoms with Crippen molar-refractivity contribution in [2.24, 2.45) is 5.73 Å². The molecule has 2 rings (SSSR count). The van der Waals surface area contributed by atoms with Gasteiger partial charge in [0, 0.05) is 0 Å².